The number of hydrogen-bond acceptors (Lipinski definition) is 6. The van der Waals surface area contributed by atoms with Crippen LogP contribution < -0.4 is 5.46 Å². The van der Waals surface area contributed by atoms with Crippen molar-refractivity contribution in [3.63, 3.8) is 0 Å². The molecule has 0 amide bonds. The maximum Gasteiger partial charge on any atom is 0.494 e. The molecular formula is C111H84B2ClN4O2-. The van der Waals surface area contributed by atoms with Gasteiger partial charge in [-0.05, 0) is 196 Å². The zero-order chi connectivity index (χ0) is 78.9. The molecule has 4 unspecified atom stereocenters. The number of halogens is 1. The van der Waals surface area contributed by atoms with Crippen molar-refractivity contribution >= 4 is 54.4 Å². The Balaban J connectivity index is 0.000000123. The van der Waals surface area contributed by atoms with Gasteiger partial charge in [0.1, 0.15) is 0 Å². The van der Waals surface area contributed by atoms with E-state index >= 15 is 0 Å². The molecule has 0 N–H and O–H groups in total. The molecule has 120 heavy (non-hydrogen) atoms. The van der Waals surface area contributed by atoms with E-state index in [9.17, 15) is 0 Å². The normalized spacial score (nSPS) is 18.8. The number of fused-ring (bicyclic) bond motifs is 26. The van der Waals surface area contributed by atoms with E-state index in [1.54, 1.807) is 0 Å². The fraction of sp³-hybridized carbons (Fsp3) is 0.0991. The number of benzene rings is 16. The third-order valence-electron chi connectivity index (χ3n) is 27.0. The zero-order valence-electron chi connectivity index (χ0n) is 65.5. The van der Waals surface area contributed by atoms with Gasteiger partial charge < -0.3 is 9.31 Å². The molecule has 0 bridgehead atoms. The molecule has 0 radical (unpaired) electrons. The fourth-order valence-corrected chi connectivity index (χ4v) is 21.8. The smallest absolute Gasteiger partial charge is 0.399 e. The first-order chi connectivity index (χ1) is 57.9. The highest BCUT2D eigenvalue weighted by atomic mass is 35.5. The fourth-order valence-electron chi connectivity index (χ4n) is 21.6. The van der Waals surface area contributed by atoms with E-state index in [1.807, 2.05) is 54.6 Å². The van der Waals surface area contributed by atoms with Crippen molar-refractivity contribution in [2.24, 2.45) is 0 Å². The first kappa shape index (κ1) is 74.1. The van der Waals surface area contributed by atoms with Crippen LogP contribution in [0.2, 0.25) is 5.28 Å². The van der Waals surface area contributed by atoms with Crippen LogP contribution >= 0.6 is 11.6 Å². The van der Waals surface area contributed by atoms with E-state index in [1.165, 1.54) is 134 Å². The third-order valence-corrected chi connectivity index (χ3v) is 27.2. The average Bonchev–Trinajstić information content (AvgIpc) is 1.43. The van der Waals surface area contributed by atoms with Crippen molar-refractivity contribution in [3.05, 3.63) is 483 Å². The Morgan fingerprint density at radius 3 is 1.04 bits per heavy atom. The molecule has 6 nitrogen and oxygen atoms in total. The molecule has 1 fully saturated rings. The van der Waals surface area contributed by atoms with Crippen molar-refractivity contribution < 1.29 is 9.31 Å². The Morgan fingerprint density at radius 1 is 0.258 bits per heavy atom. The molecule has 2 aromatic heterocycles. The minimum Gasteiger partial charge on any atom is -0.399 e. The number of aromatic nitrogens is 4. The van der Waals surface area contributed by atoms with E-state index in [2.05, 4.69) is 371 Å². The molecule has 9 heteroatoms. The first-order valence-corrected chi connectivity index (χ1v) is 41.2. The van der Waals surface area contributed by atoms with Crippen LogP contribution in [0.3, 0.4) is 0 Å². The van der Waals surface area contributed by atoms with E-state index in [4.69, 9.17) is 30.9 Å². The summed E-state index contributed by atoms with van der Waals surface area (Å²) in [5.74, 6) is 0.731. The molecule has 7 aliphatic rings. The van der Waals surface area contributed by atoms with Gasteiger partial charge >= 0.3 is 7.12 Å². The molecule has 4 atom stereocenters. The number of hydrogen-bond donors (Lipinski definition) is 0. The summed E-state index contributed by atoms with van der Waals surface area (Å²) in [5.41, 5.74) is 36.7. The van der Waals surface area contributed by atoms with Gasteiger partial charge in [0.25, 0.3) is 0 Å². The van der Waals surface area contributed by atoms with Crippen molar-refractivity contribution in [3.8, 4) is 78.4 Å². The van der Waals surface area contributed by atoms with Crippen LogP contribution in [0.5, 0.6) is 0 Å². The minimum atomic E-state index is -0.566. The summed E-state index contributed by atoms with van der Waals surface area (Å²) < 4.78 is 13.3. The molecule has 574 valence electrons. The molecule has 1 aliphatic heterocycles. The van der Waals surface area contributed by atoms with Crippen LogP contribution in [0.25, 0.3) is 100 Å². The van der Waals surface area contributed by atoms with Crippen LogP contribution in [0.4, 0.5) is 0 Å². The van der Waals surface area contributed by atoms with Crippen molar-refractivity contribution in [2.45, 2.75) is 68.0 Å². The summed E-state index contributed by atoms with van der Waals surface area (Å²) in [6, 6.07) is 142. The Labute approximate surface area is 707 Å². The summed E-state index contributed by atoms with van der Waals surface area (Å²) in [4.78, 5) is 19.1. The predicted molar refractivity (Wildman–Crippen MR) is 497 cm³/mol. The second-order valence-corrected chi connectivity index (χ2v) is 33.5. The predicted octanol–water partition coefficient (Wildman–Crippen LogP) is 24.2. The molecule has 3 heterocycles. The molecule has 25 rings (SSSR count). The molecular weight excluding hydrogens is 1480 g/mol. The van der Waals surface area contributed by atoms with Crippen LogP contribution in [0, 0.1) is 0 Å². The van der Waals surface area contributed by atoms with Crippen LogP contribution in [-0.2, 0) is 31.0 Å². The van der Waals surface area contributed by atoms with Gasteiger partial charge in [-0.25, -0.2) is 19.9 Å². The Morgan fingerprint density at radius 2 is 0.583 bits per heavy atom. The number of rotatable bonds is 6. The SMILES string of the molecule is C.CC1(C)OB(c2ccc3c(c2)C2(c4ccccc4-3)c3ccccc3C3(c4ccccc4)c4ccccc4-c4cccc2c43)OC1(C)C.Clc1nc(-c2ccccc2)c2ccccc2n1.[BH4-].c1ccc(-c2nc(-c3ccc4c(c3)C3(c5ccccc5-4)c4ccccc4C4(c5ccccc5)c5ccccc5-c5cccc3c54)nc3ccccc23)cc1. The molecule has 2 spiro atoms. The van der Waals surface area contributed by atoms with Crippen molar-refractivity contribution in [2.75, 3.05) is 0 Å². The van der Waals surface area contributed by atoms with E-state index < -0.39 is 40.0 Å². The summed E-state index contributed by atoms with van der Waals surface area (Å²) in [6.07, 6.45) is 0. The largest absolute Gasteiger partial charge is 0.494 e. The van der Waals surface area contributed by atoms with Crippen LogP contribution in [0.15, 0.2) is 388 Å². The van der Waals surface area contributed by atoms with Gasteiger partial charge in [0, 0.05) is 27.5 Å². The third kappa shape index (κ3) is 10.2. The lowest BCUT2D eigenvalue weighted by Crippen LogP contribution is -2.44. The topological polar surface area (TPSA) is 70.0 Å². The molecule has 1 saturated heterocycles. The van der Waals surface area contributed by atoms with E-state index in [0.717, 1.165) is 61.2 Å². The van der Waals surface area contributed by atoms with E-state index in [-0.39, 0.29) is 21.1 Å². The van der Waals surface area contributed by atoms with Gasteiger partial charge in [-0.3, -0.25) is 0 Å². The van der Waals surface area contributed by atoms with E-state index in [0.29, 0.717) is 0 Å². The second kappa shape index (κ2) is 27.8. The lowest BCUT2D eigenvalue weighted by Gasteiger charge is -2.48. The Bertz CT molecular complexity index is 7180. The summed E-state index contributed by atoms with van der Waals surface area (Å²) in [7, 11) is -0.445. The first-order valence-electron chi connectivity index (χ1n) is 40.9. The van der Waals surface area contributed by atoms with Gasteiger partial charge in [0.05, 0.1) is 55.3 Å². The lowest BCUT2D eigenvalue weighted by atomic mass is 9.52. The lowest BCUT2D eigenvalue weighted by molar-refractivity contribution is 0.00578. The standard InChI is InChI=1S/C52H32N2.C44H35BO2.C14H9ClN2.CH4.BH4/c1-3-16-33(17-4-1)49-40-22-9-14-29-47(40)53-50(54-49)34-30-31-38-36-20-7-11-25-42(36)52(46(38)32-34)44-27-13-12-26-43(44)51(35-18-5-2-6-19-35)41-24-10-8-21-37(41)39-23-15-28-45(52)48(39)51;1-41(2)42(3,4)47-45(46-41)29-25-26-32-30-17-8-11-21-35(30)44(39(32)27-29)37-23-13-12-22-36(37)43(28-15-6-5-7-16-28)34-20-10-9-18-31(34)33-19-14-24-38(44)40(33)43;15-14-16-12-9-5-4-8-11(12)13(17-14)10-6-2-1-3-7-10;;/h1-32H;5-27H,1-4H3;1-9H;2*1H4/q;;;;-1. The summed E-state index contributed by atoms with van der Waals surface area (Å²) in [6.45, 7) is 8.51. The molecule has 16 aromatic carbocycles. The van der Waals surface area contributed by atoms with Gasteiger partial charge in [-0.2, -0.15) is 0 Å². The maximum absolute atomic E-state index is 6.64. The maximum atomic E-state index is 6.64. The quantitative estimate of drug-likeness (QED) is 0.122. The van der Waals surface area contributed by atoms with Gasteiger partial charge in [0.2, 0.25) is 5.28 Å². The van der Waals surface area contributed by atoms with Crippen molar-refractivity contribution in [1.82, 2.24) is 19.9 Å². The highest BCUT2D eigenvalue weighted by Gasteiger charge is 2.63. The number of nitrogens with zero attached hydrogens (tertiary/aromatic N) is 4. The minimum absolute atomic E-state index is 0. The molecule has 6 aliphatic carbocycles. The highest BCUT2D eigenvalue weighted by Crippen LogP contribution is 2.71. The Kier molecular flexibility index (Phi) is 17.2. The molecule has 18 aromatic rings. The van der Waals surface area contributed by atoms with Gasteiger partial charge in [-0.1, -0.05) is 386 Å². The monoisotopic (exact) mass is 1560 g/mol. The van der Waals surface area contributed by atoms with Gasteiger partial charge in [0.15, 0.2) is 5.82 Å². The van der Waals surface area contributed by atoms with Gasteiger partial charge in [-0.15, -0.1) is 0 Å². The zero-order valence-corrected chi connectivity index (χ0v) is 66.3. The highest BCUT2D eigenvalue weighted by molar-refractivity contribution is 6.62. The van der Waals surface area contributed by atoms with Crippen LogP contribution in [0.1, 0.15) is 124 Å². The summed E-state index contributed by atoms with van der Waals surface area (Å²) in [5, 5.41) is 2.35. The summed E-state index contributed by atoms with van der Waals surface area (Å²) >= 11 is 5.95. The second-order valence-electron chi connectivity index (χ2n) is 33.1. The van der Waals surface area contributed by atoms with Crippen molar-refractivity contribution in [1.29, 1.82) is 0 Å². The Hall–Kier alpha value is -13.5. The van der Waals surface area contributed by atoms with Crippen LogP contribution in [-0.4, -0.2) is 46.7 Å². The number of para-hydroxylation sites is 2. The average molecular weight is 1560 g/mol. The molecule has 0 saturated carbocycles.